The van der Waals surface area contributed by atoms with Crippen molar-refractivity contribution < 1.29 is 14.4 Å². The molecule has 0 fully saturated rings. The average molecular weight is 368 g/mol. The van der Waals surface area contributed by atoms with Crippen molar-refractivity contribution in [3.63, 3.8) is 0 Å². The van der Waals surface area contributed by atoms with Gasteiger partial charge in [-0.2, -0.15) is 0 Å². The largest absolute Gasteiger partial charge is 0.350 e. The van der Waals surface area contributed by atoms with E-state index in [2.05, 4.69) is 21.3 Å². The van der Waals surface area contributed by atoms with E-state index in [1.807, 2.05) is 25.1 Å². The molecule has 4 amide bonds. The molecule has 0 aliphatic rings. The Morgan fingerprint density at radius 3 is 2.22 bits per heavy atom. The number of carbonyl (C=O) groups excluding carboxylic acids is 3. The van der Waals surface area contributed by atoms with Crippen molar-refractivity contribution in [2.75, 3.05) is 23.7 Å². The van der Waals surface area contributed by atoms with E-state index in [9.17, 15) is 14.4 Å². The minimum atomic E-state index is -0.328. The van der Waals surface area contributed by atoms with Gasteiger partial charge in [-0.25, -0.2) is 4.79 Å². The van der Waals surface area contributed by atoms with Crippen LogP contribution in [0.1, 0.15) is 29.3 Å². The van der Waals surface area contributed by atoms with Gasteiger partial charge in [-0.3, -0.25) is 9.59 Å². The normalized spacial score (nSPS) is 10.0. The quantitative estimate of drug-likeness (QED) is 0.566. The van der Waals surface area contributed by atoms with E-state index >= 15 is 0 Å². The third kappa shape index (κ3) is 6.81. The summed E-state index contributed by atoms with van der Waals surface area (Å²) in [6.07, 6.45) is 0.396. The monoisotopic (exact) mass is 368 g/mol. The summed E-state index contributed by atoms with van der Waals surface area (Å²) < 4.78 is 0. The molecule has 2 aromatic carbocycles. The Bertz CT molecular complexity index is 803. The Morgan fingerprint density at radius 1 is 0.852 bits per heavy atom. The molecule has 7 heteroatoms. The molecule has 0 aliphatic carbocycles. The van der Waals surface area contributed by atoms with E-state index in [1.54, 1.807) is 37.3 Å². The highest BCUT2D eigenvalue weighted by atomic mass is 16.2. The first-order chi connectivity index (χ1) is 13.0. The molecule has 0 atom stereocenters. The lowest BCUT2D eigenvalue weighted by atomic mass is 10.2. The number of hydrogen-bond acceptors (Lipinski definition) is 3. The van der Waals surface area contributed by atoms with Gasteiger partial charge in [0.25, 0.3) is 5.91 Å². The zero-order valence-electron chi connectivity index (χ0n) is 15.5. The minimum Gasteiger partial charge on any atom is -0.350 e. The second kappa shape index (κ2) is 9.96. The average Bonchev–Trinajstić information content (AvgIpc) is 2.65. The molecule has 0 bridgehead atoms. The molecule has 7 nitrogen and oxygen atoms in total. The van der Waals surface area contributed by atoms with Crippen molar-refractivity contribution >= 4 is 29.2 Å². The fraction of sp³-hybridized carbons (Fsp3) is 0.250. The molecule has 27 heavy (non-hydrogen) atoms. The van der Waals surface area contributed by atoms with Crippen molar-refractivity contribution in [1.82, 2.24) is 10.6 Å². The molecular weight excluding hydrogens is 344 g/mol. The van der Waals surface area contributed by atoms with Crippen molar-refractivity contribution in [3.8, 4) is 0 Å². The lowest BCUT2D eigenvalue weighted by Crippen LogP contribution is -2.36. The number of anilines is 2. The lowest BCUT2D eigenvalue weighted by Gasteiger charge is -2.09. The number of carbonyl (C=O) groups is 3. The van der Waals surface area contributed by atoms with Crippen LogP contribution in [0.15, 0.2) is 48.5 Å². The number of aryl methyl sites for hydroxylation is 1. The second-order valence-electron chi connectivity index (χ2n) is 5.99. The molecular formula is C20H24N4O3. The molecule has 0 saturated carbocycles. The number of urea groups is 1. The van der Waals surface area contributed by atoms with Crippen LogP contribution in [-0.2, 0) is 4.79 Å². The van der Waals surface area contributed by atoms with Gasteiger partial charge in [0, 0.05) is 36.4 Å². The van der Waals surface area contributed by atoms with Crippen LogP contribution < -0.4 is 21.3 Å². The summed E-state index contributed by atoms with van der Waals surface area (Å²) in [5, 5.41) is 10.9. The number of hydrogen-bond donors (Lipinski definition) is 4. The van der Waals surface area contributed by atoms with Gasteiger partial charge >= 0.3 is 6.03 Å². The Morgan fingerprint density at radius 2 is 1.56 bits per heavy atom. The summed E-state index contributed by atoms with van der Waals surface area (Å²) in [6.45, 7) is 4.32. The van der Waals surface area contributed by atoms with Gasteiger partial charge < -0.3 is 21.3 Å². The third-order valence-electron chi connectivity index (χ3n) is 3.72. The SMILES string of the molecule is CCC(=O)Nc1ccc(C(=O)NCCNC(=O)Nc2cccc(C)c2)cc1. The molecule has 0 aliphatic heterocycles. The van der Waals surface area contributed by atoms with E-state index in [0.29, 0.717) is 36.4 Å². The molecule has 2 aromatic rings. The van der Waals surface area contributed by atoms with E-state index in [1.165, 1.54) is 0 Å². The van der Waals surface area contributed by atoms with Crippen LogP contribution >= 0.6 is 0 Å². The van der Waals surface area contributed by atoms with Crippen LogP contribution in [0.3, 0.4) is 0 Å². The molecule has 4 N–H and O–H groups in total. The summed E-state index contributed by atoms with van der Waals surface area (Å²) in [5.74, 6) is -0.327. The van der Waals surface area contributed by atoms with E-state index < -0.39 is 0 Å². The topological polar surface area (TPSA) is 99.3 Å². The van der Waals surface area contributed by atoms with Crippen molar-refractivity contribution in [1.29, 1.82) is 0 Å². The fourth-order valence-electron chi connectivity index (χ4n) is 2.31. The zero-order chi connectivity index (χ0) is 19.6. The maximum absolute atomic E-state index is 12.1. The first-order valence-electron chi connectivity index (χ1n) is 8.77. The number of nitrogens with one attached hydrogen (secondary N) is 4. The minimum absolute atomic E-state index is 0.0813. The fourth-order valence-corrected chi connectivity index (χ4v) is 2.31. The van der Waals surface area contributed by atoms with Gasteiger partial charge in [-0.1, -0.05) is 19.1 Å². The maximum Gasteiger partial charge on any atom is 0.319 e. The summed E-state index contributed by atoms with van der Waals surface area (Å²) >= 11 is 0. The van der Waals surface area contributed by atoms with Crippen molar-refractivity contribution in [3.05, 3.63) is 59.7 Å². The molecule has 0 unspecified atom stereocenters. The molecule has 0 saturated heterocycles. The molecule has 2 rings (SSSR count). The number of rotatable bonds is 7. The van der Waals surface area contributed by atoms with Crippen molar-refractivity contribution in [2.24, 2.45) is 0 Å². The highest BCUT2D eigenvalue weighted by Crippen LogP contribution is 2.10. The van der Waals surface area contributed by atoms with Gasteiger partial charge in [0.05, 0.1) is 0 Å². The molecule has 0 spiro atoms. The van der Waals surface area contributed by atoms with Gasteiger partial charge in [0.1, 0.15) is 0 Å². The number of benzene rings is 2. The van der Waals surface area contributed by atoms with Crippen LogP contribution in [0.4, 0.5) is 16.2 Å². The molecule has 0 aromatic heterocycles. The van der Waals surface area contributed by atoms with Crippen LogP contribution in [0.25, 0.3) is 0 Å². The molecule has 0 radical (unpaired) electrons. The van der Waals surface area contributed by atoms with Gasteiger partial charge in [0.2, 0.25) is 5.91 Å². The standard InChI is InChI=1S/C20H24N4O3/c1-3-18(25)23-16-9-7-15(8-10-16)19(26)21-11-12-22-20(27)24-17-6-4-5-14(2)13-17/h4-10,13H,3,11-12H2,1-2H3,(H,21,26)(H,23,25)(H2,22,24,27). The summed E-state index contributed by atoms with van der Waals surface area (Å²) in [4.78, 5) is 35.2. The smallest absolute Gasteiger partial charge is 0.319 e. The number of amides is 4. The van der Waals surface area contributed by atoms with Gasteiger partial charge in [-0.15, -0.1) is 0 Å². The predicted octanol–water partition coefficient (Wildman–Crippen LogP) is 2.90. The van der Waals surface area contributed by atoms with Crippen LogP contribution in [0.5, 0.6) is 0 Å². The predicted molar refractivity (Wildman–Crippen MR) is 106 cm³/mol. The highest BCUT2D eigenvalue weighted by Gasteiger charge is 2.06. The maximum atomic E-state index is 12.1. The molecule has 0 heterocycles. The van der Waals surface area contributed by atoms with Crippen LogP contribution in [0.2, 0.25) is 0 Å². The first kappa shape index (κ1) is 20.0. The summed E-state index contributed by atoms with van der Waals surface area (Å²) in [6, 6.07) is 13.8. The Hall–Kier alpha value is -3.35. The van der Waals surface area contributed by atoms with Gasteiger partial charge in [0.15, 0.2) is 0 Å². The summed E-state index contributed by atoms with van der Waals surface area (Å²) in [5.41, 5.74) is 2.90. The van der Waals surface area contributed by atoms with Crippen molar-refractivity contribution in [2.45, 2.75) is 20.3 Å². The van der Waals surface area contributed by atoms with Gasteiger partial charge in [-0.05, 0) is 48.9 Å². The Balaban J connectivity index is 1.71. The summed E-state index contributed by atoms with van der Waals surface area (Å²) in [7, 11) is 0. The van der Waals surface area contributed by atoms with Crippen LogP contribution in [-0.4, -0.2) is 30.9 Å². The second-order valence-corrected chi connectivity index (χ2v) is 5.99. The van der Waals surface area contributed by atoms with E-state index in [4.69, 9.17) is 0 Å². The van der Waals surface area contributed by atoms with Crippen LogP contribution in [0, 0.1) is 6.92 Å². The third-order valence-corrected chi connectivity index (χ3v) is 3.72. The lowest BCUT2D eigenvalue weighted by molar-refractivity contribution is -0.115. The van der Waals surface area contributed by atoms with E-state index in [-0.39, 0.29) is 17.8 Å². The Kier molecular flexibility index (Phi) is 7.37. The zero-order valence-corrected chi connectivity index (χ0v) is 15.5. The molecule has 142 valence electrons. The first-order valence-corrected chi connectivity index (χ1v) is 8.77. The highest BCUT2D eigenvalue weighted by molar-refractivity contribution is 5.95. The Labute approximate surface area is 158 Å². The van der Waals surface area contributed by atoms with E-state index in [0.717, 1.165) is 5.56 Å².